The zero-order valence-electron chi connectivity index (χ0n) is 15.8. The third-order valence-electron chi connectivity index (χ3n) is 5.57. The van der Waals surface area contributed by atoms with Crippen molar-refractivity contribution in [2.75, 3.05) is 32.7 Å². The van der Waals surface area contributed by atoms with E-state index in [4.69, 9.17) is 4.99 Å². The minimum atomic E-state index is -0.0772. The standard InChI is InChI=1S/C19H38N4O/c1-3-16-6-8-17(9-7-16)22-19(20-4-2)21-12-5-13-23-14-10-18(24)11-15-23/h16-18,24H,3-15H2,1-2H3,(H2,20,21,22). The fourth-order valence-corrected chi connectivity index (χ4v) is 3.86. The summed E-state index contributed by atoms with van der Waals surface area (Å²) in [7, 11) is 0. The van der Waals surface area contributed by atoms with Crippen LogP contribution in [0.25, 0.3) is 0 Å². The number of nitrogens with zero attached hydrogens (tertiary/aromatic N) is 2. The predicted molar refractivity (Wildman–Crippen MR) is 101 cm³/mol. The maximum Gasteiger partial charge on any atom is 0.191 e. The van der Waals surface area contributed by atoms with Crippen LogP contribution in [0.5, 0.6) is 0 Å². The number of aliphatic hydroxyl groups is 1. The van der Waals surface area contributed by atoms with Crippen LogP contribution >= 0.6 is 0 Å². The van der Waals surface area contributed by atoms with Gasteiger partial charge in [0.05, 0.1) is 6.10 Å². The number of likely N-dealkylation sites (tertiary alicyclic amines) is 1. The Morgan fingerprint density at radius 1 is 1.08 bits per heavy atom. The van der Waals surface area contributed by atoms with Crippen molar-refractivity contribution in [3.05, 3.63) is 0 Å². The Labute approximate surface area is 148 Å². The van der Waals surface area contributed by atoms with E-state index in [0.717, 1.165) is 63.9 Å². The summed E-state index contributed by atoms with van der Waals surface area (Å²) in [6, 6.07) is 0.592. The van der Waals surface area contributed by atoms with Crippen LogP contribution in [0.4, 0.5) is 0 Å². The van der Waals surface area contributed by atoms with Gasteiger partial charge in [-0.15, -0.1) is 0 Å². The number of guanidine groups is 1. The molecule has 2 fully saturated rings. The second kappa shape index (κ2) is 10.9. The molecule has 140 valence electrons. The minimum absolute atomic E-state index is 0.0772. The van der Waals surface area contributed by atoms with E-state index in [1.807, 2.05) is 0 Å². The first-order valence-electron chi connectivity index (χ1n) is 10.2. The Kier molecular flexibility index (Phi) is 8.89. The van der Waals surface area contributed by atoms with E-state index in [0.29, 0.717) is 6.04 Å². The van der Waals surface area contributed by atoms with Crippen molar-refractivity contribution in [2.24, 2.45) is 10.9 Å². The van der Waals surface area contributed by atoms with Crippen LogP contribution in [0.2, 0.25) is 0 Å². The predicted octanol–water partition coefficient (Wildman–Crippen LogP) is 2.36. The van der Waals surface area contributed by atoms with Crippen molar-refractivity contribution < 1.29 is 5.11 Å². The van der Waals surface area contributed by atoms with Crippen LogP contribution in [-0.4, -0.2) is 60.8 Å². The van der Waals surface area contributed by atoms with Gasteiger partial charge in [0.25, 0.3) is 0 Å². The normalized spacial score (nSPS) is 27.2. The third-order valence-corrected chi connectivity index (χ3v) is 5.57. The SMILES string of the molecule is CCNC(=NCCCN1CCC(O)CC1)NC1CCC(CC)CC1. The zero-order valence-corrected chi connectivity index (χ0v) is 15.8. The van der Waals surface area contributed by atoms with E-state index in [9.17, 15) is 5.11 Å². The summed E-state index contributed by atoms with van der Waals surface area (Å²) < 4.78 is 0. The van der Waals surface area contributed by atoms with Gasteiger partial charge < -0.3 is 20.6 Å². The van der Waals surface area contributed by atoms with Crippen molar-refractivity contribution >= 4 is 5.96 Å². The maximum atomic E-state index is 9.55. The highest BCUT2D eigenvalue weighted by atomic mass is 16.3. The van der Waals surface area contributed by atoms with Crippen molar-refractivity contribution in [2.45, 2.75) is 77.4 Å². The molecular formula is C19H38N4O. The molecule has 0 aromatic carbocycles. The number of aliphatic hydroxyl groups excluding tert-OH is 1. The highest BCUT2D eigenvalue weighted by Crippen LogP contribution is 2.26. The maximum absolute atomic E-state index is 9.55. The summed E-state index contributed by atoms with van der Waals surface area (Å²) in [5.74, 6) is 1.93. The lowest BCUT2D eigenvalue weighted by molar-refractivity contribution is 0.0824. The number of hydrogen-bond donors (Lipinski definition) is 3. The second-order valence-electron chi connectivity index (χ2n) is 7.46. The molecule has 1 saturated carbocycles. The number of hydrogen-bond acceptors (Lipinski definition) is 3. The van der Waals surface area contributed by atoms with Gasteiger partial charge in [-0.3, -0.25) is 4.99 Å². The monoisotopic (exact) mass is 338 g/mol. The van der Waals surface area contributed by atoms with Crippen molar-refractivity contribution in [3.63, 3.8) is 0 Å². The van der Waals surface area contributed by atoms with Crippen molar-refractivity contribution in [1.29, 1.82) is 0 Å². The summed E-state index contributed by atoms with van der Waals surface area (Å²) in [6.07, 6.45) is 9.46. The molecule has 2 rings (SSSR count). The molecule has 0 spiro atoms. The smallest absolute Gasteiger partial charge is 0.191 e. The van der Waals surface area contributed by atoms with Gasteiger partial charge in [-0.05, 0) is 64.3 Å². The Bertz CT molecular complexity index is 358. The quantitative estimate of drug-likeness (QED) is 0.379. The summed E-state index contributed by atoms with van der Waals surface area (Å²) in [6.45, 7) is 9.39. The molecule has 0 aromatic heterocycles. The molecule has 1 aliphatic carbocycles. The molecule has 2 aliphatic rings. The fraction of sp³-hybridized carbons (Fsp3) is 0.947. The number of aliphatic imine (C=N–C) groups is 1. The summed E-state index contributed by atoms with van der Waals surface area (Å²) in [5.41, 5.74) is 0. The van der Waals surface area contributed by atoms with Gasteiger partial charge in [-0.25, -0.2) is 0 Å². The van der Waals surface area contributed by atoms with E-state index in [1.165, 1.54) is 32.1 Å². The van der Waals surface area contributed by atoms with E-state index >= 15 is 0 Å². The molecule has 1 heterocycles. The minimum Gasteiger partial charge on any atom is -0.393 e. The number of piperidine rings is 1. The third kappa shape index (κ3) is 6.98. The first-order valence-corrected chi connectivity index (χ1v) is 10.2. The first-order chi connectivity index (χ1) is 11.7. The number of nitrogens with one attached hydrogen (secondary N) is 2. The molecular weight excluding hydrogens is 300 g/mol. The van der Waals surface area contributed by atoms with Gasteiger partial charge in [-0.1, -0.05) is 13.3 Å². The second-order valence-corrected chi connectivity index (χ2v) is 7.46. The van der Waals surface area contributed by atoms with Gasteiger partial charge in [0, 0.05) is 32.2 Å². The lowest BCUT2D eigenvalue weighted by Gasteiger charge is -2.30. The topological polar surface area (TPSA) is 59.9 Å². The first kappa shape index (κ1) is 19.5. The number of rotatable bonds is 7. The highest BCUT2D eigenvalue weighted by Gasteiger charge is 2.20. The summed E-state index contributed by atoms with van der Waals surface area (Å²) in [4.78, 5) is 7.22. The Balaban J connectivity index is 1.66. The zero-order chi connectivity index (χ0) is 17.2. The Morgan fingerprint density at radius 2 is 1.79 bits per heavy atom. The van der Waals surface area contributed by atoms with Gasteiger partial charge in [-0.2, -0.15) is 0 Å². The molecule has 0 atom stereocenters. The van der Waals surface area contributed by atoms with Crippen molar-refractivity contribution in [3.8, 4) is 0 Å². The molecule has 3 N–H and O–H groups in total. The summed E-state index contributed by atoms with van der Waals surface area (Å²) in [5, 5.41) is 16.6. The van der Waals surface area contributed by atoms with Gasteiger partial charge >= 0.3 is 0 Å². The van der Waals surface area contributed by atoms with Crippen LogP contribution in [0.3, 0.4) is 0 Å². The molecule has 1 aliphatic heterocycles. The van der Waals surface area contributed by atoms with Gasteiger partial charge in [0.1, 0.15) is 0 Å². The molecule has 5 nitrogen and oxygen atoms in total. The average Bonchev–Trinajstić information content (AvgIpc) is 2.61. The van der Waals surface area contributed by atoms with Crippen LogP contribution < -0.4 is 10.6 Å². The van der Waals surface area contributed by atoms with Crippen LogP contribution in [0, 0.1) is 5.92 Å². The van der Waals surface area contributed by atoms with E-state index < -0.39 is 0 Å². The van der Waals surface area contributed by atoms with E-state index in [1.54, 1.807) is 0 Å². The fourth-order valence-electron chi connectivity index (χ4n) is 3.86. The van der Waals surface area contributed by atoms with Crippen LogP contribution in [-0.2, 0) is 0 Å². The van der Waals surface area contributed by atoms with Gasteiger partial charge in [0.15, 0.2) is 5.96 Å². The van der Waals surface area contributed by atoms with E-state index in [-0.39, 0.29) is 6.10 Å². The lowest BCUT2D eigenvalue weighted by atomic mass is 9.84. The molecule has 0 radical (unpaired) electrons. The van der Waals surface area contributed by atoms with E-state index in [2.05, 4.69) is 29.4 Å². The molecule has 0 bridgehead atoms. The molecule has 0 aromatic rings. The Hall–Kier alpha value is -0.810. The Morgan fingerprint density at radius 3 is 2.42 bits per heavy atom. The van der Waals surface area contributed by atoms with Crippen molar-refractivity contribution in [1.82, 2.24) is 15.5 Å². The molecule has 1 saturated heterocycles. The summed E-state index contributed by atoms with van der Waals surface area (Å²) >= 11 is 0. The van der Waals surface area contributed by atoms with Gasteiger partial charge in [0.2, 0.25) is 0 Å². The average molecular weight is 339 g/mol. The lowest BCUT2D eigenvalue weighted by Crippen LogP contribution is -2.45. The van der Waals surface area contributed by atoms with Crippen LogP contribution in [0.15, 0.2) is 4.99 Å². The largest absolute Gasteiger partial charge is 0.393 e. The molecule has 24 heavy (non-hydrogen) atoms. The van der Waals surface area contributed by atoms with Crippen LogP contribution in [0.1, 0.15) is 65.2 Å². The molecule has 5 heteroatoms. The highest BCUT2D eigenvalue weighted by molar-refractivity contribution is 5.80. The molecule has 0 amide bonds. The molecule has 0 unspecified atom stereocenters.